The standard InChI is InChI=1S/C19H25ClN2O2/c1-5-19(2,3)22-12-14-6-8-16(17(10-14)23-4)24-13-15-7-9-18(20)21-11-15/h6-11,22H,5,12-13H2,1-4H3. The number of pyridine rings is 1. The average molecular weight is 349 g/mol. The highest BCUT2D eigenvalue weighted by Crippen LogP contribution is 2.29. The molecule has 0 unspecified atom stereocenters. The zero-order chi connectivity index (χ0) is 17.6. The Labute approximate surface area is 149 Å². The molecule has 1 aromatic heterocycles. The van der Waals surface area contributed by atoms with E-state index in [1.807, 2.05) is 18.2 Å². The Kier molecular flexibility index (Phi) is 6.46. The van der Waals surface area contributed by atoms with Gasteiger partial charge in [0.2, 0.25) is 0 Å². The van der Waals surface area contributed by atoms with Crippen LogP contribution >= 0.6 is 11.6 Å². The number of ether oxygens (including phenoxy) is 2. The van der Waals surface area contributed by atoms with Gasteiger partial charge in [-0.2, -0.15) is 0 Å². The number of nitrogens with one attached hydrogen (secondary N) is 1. The minimum Gasteiger partial charge on any atom is -0.493 e. The van der Waals surface area contributed by atoms with Crippen molar-refractivity contribution in [3.63, 3.8) is 0 Å². The molecule has 1 N–H and O–H groups in total. The summed E-state index contributed by atoms with van der Waals surface area (Å²) in [6, 6.07) is 9.65. The molecule has 0 aliphatic heterocycles. The molecule has 0 aliphatic rings. The van der Waals surface area contributed by atoms with Gasteiger partial charge in [-0.1, -0.05) is 30.7 Å². The number of hydrogen-bond donors (Lipinski definition) is 1. The fourth-order valence-corrected chi connectivity index (χ4v) is 2.17. The van der Waals surface area contributed by atoms with Gasteiger partial charge >= 0.3 is 0 Å². The van der Waals surface area contributed by atoms with E-state index in [4.69, 9.17) is 21.1 Å². The molecule has 0 fully saturated rings. The summed E-state index contributed by atoms with van der Waals surface area (Å²) in [4.78, 5) is 4.05. The minimum atomic E-state index is 0.115. The van der Waals surface area contributed by atoms with Crippen LogP contribution in [0.4, 0.5) is 0 Å². The smallest absolute Gasteiger partial charge is 0.161 e. The maximum absolute atomic E-state index is 5.85. The van der Waals surface area contributed by atoms with Crippen LogP contribution in [0.5, 0.6) is 11.5 Å². The Hall–Kier alpha value is -1.78. The quantitative estimate of drug-likeness (QED) is 0.708. The number of aromatic nitrogens is 1. The molecule has 4 nitrogen and oxygen atoms in total. The number of hydrogen-bond acceptors (Lipinski definition) is 4. The normalized spacial score (nSPS) is 11.4. The lowest BCUT2D eigenvalue weighted by Crippen LogP contribution is -2.37. The second kappa shape index (κ2) is 8.36. The van der Waals surface area contributed by atoms with Crippen LogP contribution < -0.4 is 14.8 Å². The number of methoxy groups -OCH3 is 1. The van der Waals surface area contributed by atoms with Gasteiger partial charge in [-0.05, 0) is 44.0 Å². The Balaban J connectivity index is 2.01. The van der Waals surface area contributed by atoms with E-state index in [0.717, 1.165) is 29.8 Å². The molecular weight excluding hydrogens is 324 g/mol. The molecular formula is C19H25ClN2O2. The molecule has 130 valence electrons. The van der Waals surface area contributed by atoms with E-state index >= 15 is 0 Å². The summed E-state index contributed by atoms with van der Waals surface area (Å²) in [5, 5.41) is 4.02. The second-order valence-corrected chi connectivity index (χ2v) is 6.74. The first-order valence-electron chi connectivity index (χ1n) is 8.08. The first-order valence-corrected chi connectivity index (χ1v) is 8.46. The molecule has 0 aliphatic carbocycles. The maximum atomic E-state index is 5.85. The molecule has 0 bridgehead atoms. The molecule has 0 saturated carbocycles. The molecule has 0 atom stereocenters. The summed E-state index contributed by atoms with van der Waals surface area (Å²) in [6.45, 7) is 7.78. The zero-order valence-electron chi connectivity index (χ0n) is 14.7. The van der Waals surface area contributed by atoms with E-state index in [1.165, 1.54) is 0 Å². The molecule has 0 amide bonds. The van der Waals surface area contributed by atoms with Crippen LogP contribution in [-0.4, -0.2) is 17.6 Å². The maximum Gasteiger partial charge on any atom is 0.161 e. The van der Waals surface area contributed by atoms with Crippen molar-refractivity contribution in [2.24, 2.45) is 0 Å². The Morgan fingerprint density at radius 1 is 1.12 bits per heavy atom. The van der Waals surface area contributed by atoms with Crippen molar-refractivity contribution in [2.45, 2.75) is 45.9 Å². The van der Waals surface area contributed by atoms with Gasteiger partial charge in [-0.15, -0.1) is 0 Å². The van der Waals surface area contributed by atoms with Crippen molar-refractivity contribution < 1.29 is 9.47 Å². The van der Waals surface area contributed by atoms with Gasteiger partial charge in [0.05, 0.1) is 7.11 Å². The van der Waals surface area contributed by atoms with Crippen molar-refractivity contribution in [3.8, 4) is 11.5 Å². The first kappa shape index (κ1) is 18.6. The molecule has 24 heavy (non-hydrogen) atoms. The van der Waals surface area contributed by atoms with Gasteiger partial charge in [0, 0.05) is 23.8 Å². The monoisotopic (exact) mass is 348 g/mol. The Bertz CT molecular complexity index is 657. The minimum absolute atomic E-state index is 0.115. The molecule has 2 rings (SSSR count). The highest BCUT2D eigenvalue weighted by molar-refractivity contribution is 6.29. The van der Waals surface area contributed by atoms with Gasteiger partial charge in [0.1, 0.15) is 11.8 Å². The van der Waals surface area contributed by atoms with Crippen molar-refractivity contribution in [3.05, 3.63) is 52.8 Å². The lowest BCUT2D eigenvalue weighted by molar-refractivity contribution is 0.283. The van der Waals surface area contributed by atoms with Crippen LogP contribution in [-0.2, 0) is 13.2 Å². The fourth-order valence-electron chi connectivity index (χ4n) is 2.06. The van der Waals surface area contributed by atoms with Crippen LogP contribution in [0.25, 0.3) is 0 Å². The van der Waals surface area contributed by atoms with Gasteiger partial charge < -0.3 is 14.8 Å². The van der Waals surface area contributed by atoms with Gasteiger partial charge in [-0.3, -0.25) is 0 Å². The second-order valence-electron chi connectivity index (χ2n) is 6.35. The van der Waals surface area contributed by atoms with Crippen molar-refractivity contribution in [2.75, 3.05) is 7.11 Å². The Morgan fingerprint density at radius 2 is 1.88 bits per heavy atom. The number of nitrogens with zero attached hydrogens (tertiary/aromatic N) is 1. The van der Waals surface area contributed by atoms with E-state index in [0.29, 0.717) is 17.5 Å². The highest BCUT2D eigenvalue weighted by Gasteiger charge is 2.14. The van der Waals surface area contributed by atoms with Gasteiger partial charge in [0.25, 0.3) is 0 Å². The van der Waals surface area contributed by atoms with Crippen LogP contribution in [0.3, 0.4) is 0 Å². The summed E-state index contributed by atoms with van der Waals surface area (Å²) in [5.74, 6) is 1.44. The van der Waals surface area contributed by atoms with E-state index in [-0.39, 0.29) is 5.54 Å². The van der Waals surface area contributed by atoms with Crippen molar-refractivity contribution in [1.82, 2.24) is 10.3 Å². The predicted molar refractivity (Wildman–Crippen MR) is 97.8 cm³/mol. The third kappa shape index (κ3) is 5.39. The predicted octanol–water partition coefficient (Wildman–Crippen LogP) is 4.60. The van der Waals surface area contributed by atoms with Gasteiger partial charge in [-0.25, -0.2) is 4.98 Å². The highest BCUT2D eigenvalue weighted by atomic mass is 35.5. The third-order valence-electron chi connectivity index (χ3n) is 4.07. The molecule has 0 saturated heterocycles. The summed E-state index contributed by atoms with van der Waals surface area (Å²) >= 11 is 5.79. The largest absolute Gasteiger partial charge is 0.493 e. The fraction of sp³-hybridized carbons (Fsp3) is 0.421. The number of rotatable bonds is 8. The van der Waals surface area contributed by atoms with E-state index in [1.54, 1.807) is 19.4 Å². The lowest BCUT2D eigenvalue weighted by Gasteiger charge is -2.24. The summed E-state index contributed by atoms with van der Waals surface area (Å²) in [7, 11) is 1.65. The summed E-state index contributed by atoms with van der Waals surface area (Å²) < 4.78 is 11.3. The zero-order valence-corrected chi connectivity index (χ0v) is 15.5. The van der Waals surface area contributed by atoms with Crippen LogP contribution in [0, 0.1) is 0 Å². The first-order chi connectivity index (χ1) is 11.4. The lowest BCUT2D eigenvalue weighted by atomic mass is 10.0. The van der Waals surface area contributed by atoms with Crippen LogP contribution in [0.1, 0.15) is 38.3 Å². The molecule has 1 heterocycles. The Morgan fingerprint density at radius 3 is 2.50 bits per heavy atom. The molecule has 5 heteroatoms. The van der Waals surface area contributed by atoms with Crippen LogP contribution in [0.15, 0.2) is 36.5 Å². The van der Waals surface area contributed by atoms with Crippen molar-refractivity contribution in [1.29, 1.82) is 0 Å². The summed E-state index contributed by atoms with van der Waals surface area (Å²) in [5.41, 5.74) is 2.23. The third-order valence-corrected chi connectivity index (χ3v) is 4.29. The molecule has 0 spiro atoms. The molecule has 1 aromatic carbocycles. The summed E-state index contributed by atoms with van der Waals surface area (Å²) in [6.07, 6.45) is 2.78. The van der Waals surface area contributed by atoms with Gasteiger partial charge in [0.15, 0.2) is 11.5 Å². The van der Waals surface area contributed by atoms with E-state index in [2.05, 4.69) is 37.1 Å². The number of halogens is 1. The average Bonchev–Trinajstić information content (AvgIpc) is 2.60. The topological polar surface area (TPSA) is 43.4 Å². The van der Waals surface area contributed by atoms with Crippen LogP contribution in [0.2, 0.25) is 5.15 Å². The SMILES string of the molecule is CCC(C)(C)NCc1ccc(OCc2ccc(Cl)nc2)c(OC)c1. The number of benzene rings is 1. The van der Waals surface area contributed by atoms with E-state index < -0.39 is 0 Å². The van der Waals surface area contributed by atoms with E-state index in [9.17, 15) is 0 Å². The molecule has 0 radical (unpaired) electrons. The van der Waals surface area contributed by atoms with Crippen molar-refractivity contribution >= 4 is 11.6 Å². The molecule has 2 aromatic rings.